The fourth-order valence-electron chi connectivity index (χ4n) is 4.18. The third-order valence-corrected chi connectivity index (χ3v) is 6.18. The molecule has 2 bridgehead atoms. The maximum absolute atomic E-state index is 13.0. The molecule has 0 saturated carbocycles. The van der Waals surface area contributed by atoms with Crippen molar-refractivity contribution in [1.82, 2.24) is 0 Å². The zero-order valence-corrected chi connectivity index (χ0v) is 14.0. The summed E-state index contributed by atoms with van der Waals surface area (Å²) < 4.78 is 0. The molecule has 4 rings (SSSR count). The molecule has 0 aromatic heterocycles. The fourth-order valence-corrected chi connectivity index (χ4v) is 4.92. The molecule has 0 spiro atoms. The molecular formula is C20H20O2S. The molecule has 3 heteroatoms. The molecule has 1 N–H and O–H groups in total. The lowest BCUT2D eigenvalue weighted by atomic mass is 9.89. The van der Waals surface area contributed by atoms with E-state index in [4.69, 9.17) is 0 Å². The van der Waals surface area contributed by atoms with Crippen LogP contribution in [0.2, 0.25) is 0 Å². The van der Waals surface area contributed by atoms with Crippen molar-refractivity contribution in [3.8, 4) is 5.75 Å². The minimum Gasteiger partial charge on any atom is -0.507 e. The number of hydrogen-bond donors (Lipinski definition) is 1. The number of carbonyl (C=O) groups excluding carboxylic acids is 1. The van der Waals surface area contributed by atoms with E-state index < -0.39 is 0 Å². The summed E-state index contributed by atoms with van der Waals surface area (Å²) in [6.07, 6.45) is 5.22. The Morgan fingerprint density at radius 3 is 2.17 bits per heavy atom. The number of fused-ring (bicyclic) bond motifs is 4. The number of phenolic OH excluding ortho intramolecular Hbond substituents is 1. The molecule has 0 amide bonds. The smallest absolute Gasteiger partial charge is 0.140 e. The number of thioether (sulfide) groups is 1. The fraction of sp³-hybridized carbons (Fsp3) is 0.350. The molecule has 2 unspecified atom stereocenters. The highest BCUT2D eigenvalue weighted by molar-refractivity contribution is 7.98. The van der Waals surface area contributed by atoms with E-state index in [1.54, 1.807) is 17.8 Å². The Kier molecular flexibility index (Phi) is 3.68. The van der Waals surface area contributed by atoms with Crippen LogP contribution in [0.4, 0.5) is 0 Å². The molecule has 2 atom stereocenters. The van der Waals surface area contributed by atoms with Gasteiger partial charge in [-0.3, -0.25) is 4.79 Å². The summed E-state index contributed by atoms with van der Waals surface area (Å²) in [6, 6.07) is 12.3. The second-order valence-corrected chi connectivity index (χ2v) is 7.45. The molecule has 2 nitrogen and oxygen atoms in total. The average Bonchev–Trinajstić information content (AvgIpc) is 2.77. The highest BCUT2D eigenvalue weighted by Crippen LogP contribution is 2.40. The Morgan fingerprint density at radius 2 is 1.52 bits per heavy atom. The van der Waals surface area contributed by atoms with Crippen LogP contribution in [0.5, 0.6) is 5.75 Å². The molecular weight excluding hydrogens is 304 g/mol. The second-order valence-electron chi connectivity index (χ2n) is 6.64. The number of Topliss-reactive ketones (excluding diaryl/α,β-unsaturated/α-hetero) is 1. The first-order valence-electron chi connectivity index (χ1n) is 8.15. The first-order valence-corrected chi connectivity index (χ1v) is 9.38. The summed E-state index contributed by atoms with van der Waals surface area (Å²) in [4.78, 5) is 14.0. The van der Waals surface area contributed by atoms with Crippen LogP contribution >= 0.6 is 11.8 Å². The highest BCUT2D eigenvalue weighted by Gasteiger charge is 2.36. The molecule has 23 heavy (non-hydrogen) atoms. The van der Waals surface area contributed by atoms with Crippen molar-refractivity contribution in [3.05, 3.63) is 58.7 Å². The molecule has 0 radical (unpaired) electrons. The Hall–Kier alpha value is -1.74. The van der Waals surface area contributed by atoms with Crippen LogP contribution in [-0.2, 0) is 30.5 Å². The lowest BCUT2D eigenvalue weighted by molar-refractivity contribution is -0.126. The van der Waals surface area contributed by atoms with Crippen LogP contribution in [0.1, 0.15) is 22.3 Å². The topological polar surface area (TPSA) is 37.3 Å². The summed E-state index contributed by atoms with van der Waals surface area (Å²) in [6.45, 7) is 0. The molecule has 2 aromatic rings. The van der Waals surface area contributed by atoms with E-state index in [1.807, 2.05) is 12.3 Å². The Bertz CT molecular complexity index is 781. The van der Waals surface area contributed by atoms with Crippen molar-refractivity contribution in [3.63, 3.8) is 0 Å². The lowest BCUT2D eigenvalue weighted by Gasteiger charge is -2.17. The van der Waals surface area contributed by atoms with E-state index in [2.05, 4.69) is 24.3 Å². The highest BCUT2D eigenvalue weighted by atomic mass is 32.2. The van der Waals surface area contributed by atoms with Gasteiger partial charge in [0.05, 0.1) is 4.90 Å². The lowest BCUT2D eigenvalue weighted by Crippen LogP contribution is -2.24. The van der Waals surface area contributed by atoms with Gasteiger partial charge in [-0.2, -0.15) is 0 Å². The Labute approximate surface area is 140 Å². The molecule has 0 heterocycles. The molecule has 0 aliphatic heterocycles. The van der Waals surface area contributed by atoms with Gasteiger partial charge in [0, 0.05) is 11.8 Å². The summed E-state index contributed by atoms with van der Waals surface area (Å²) in [5, 5.41) is 10.2. The number of carbonyl (C=O) groups is 1. The van der Waals surface area contributed by atoms with E-state index in [0.29, 0.717) is 11.5 Å². The monoisotopic (exact) mass is 324 g/mol. The quantitative estimate of drug-likeness (QED) is 0.811. The average molecular weight is 324 g/mol. The van der Waals surface area contributed by atoms with Gasteiger partial charge in [0.25, 0.3) is 0 Å². The van der Waals surface area contributed by atoms with Gasteiger partial charge < -0.3 is 5.11 Å². The number of rotatable bonds is 1. The predicted molar refractivity (Wildman–Crippen MR) is 93.1 cm³/mol. The molecule has 2 aliphatic rings. The van der Waals surface area contributed by atoms with Crippen molar-refractivity contribution >= 4 is 17.5 Å². The molecule has 0 fully saturated rings. The summed E-state index contributed by atoms with van der Waals surface area (Å²) >= 11 is 1.58. The maximum Gasteiger partial charge on any atom is 0.140 e. The number of aromatic hydroxyl groups is 1. The third-order valence-electron chi connectivity index (χ3n) is 5.31. The van der Waals surface area contributed by atoms with Crippen molar-refractivity contribution in [1.29, 1.82) is 0 Å². The first kappa shape index (κ1) is 14.8. The van der Waals surface area contributed by atoms with Gasteiger partial charge in [-0.15, -0.1) is 11.8 Å². The van der Waals surface area contributed by atoms with Crippen molar-refractivity contribution in [2.75, 3.05) is 6.26 Å². The maximum atomic E-state index is 13.0. The van der Waals surface area contributed by atoms with Gasteiger partial charge in [-0.1, -0.05) is 30.3 Å². The molecule has 2 aromatic carbocycles. The molecule has 0 saturated heterocycles. The predicted octanol–water partition coefficient (Wildman–Crippen LogP) is 3.81. The van der Waals surface area contributed by atoms with Crippen LogP contribution < -0.4 is 0 Å². The van der Waals surface area contributed by atoms with Gasteiger partial charge in [-0.05, 0) is 60.3 Å². The van der Waals surface area contributed by atoms with Gasteiger partial charge >= 0.3 is 0 Å². The standard InChI is InChI=1S/C20H20O2S/c1-23-20-17-11-16-9-13-5-3-2-4-12(13)8-15(19(16)22)10-14(17)6-7-18(20)21/h2-7,15-16,21H,8-11H2,1H3. The van der Waals surface area contributed by atoms with Gasteiger partial charge in [-0.25, -0.2) is 0 Å². The van der Waals surface area contributed by atoms with Crippen LogP contribution in [0.25, 0.3) is 0 Å². The van der Waals surface area contributed by atoms with Gasteiger partial charge in [0.1, 0.15) is 11.5 Å². The summed E-state index contributed by atoms with van der Waals surface area (Å²) in [5.41, 5.74) is 5.09. The Balaban J connectivity index is 1.82. The third kappa shape index (κ3) is 2.47. The van der Waals surface area contributed by atoms with E-state index in [0.717, 1.165) is 30.6 Å². The zero-order chi connectivity index (χ0) is 16.0. The zero-order valence-electron chi connectivity index (χ0n) is 13.2. The summed E-state index contributed by atoms with van der Waals surface area (Å²) in [5.74, 6) is 0.865. The van der Waals surface area contributed by atoms with Crippen molar-refractivity contribution in [2.24, 2.45) is 11.8 Å². The van der Waals surface area contributed by atoms with E-state index in [-0.39, 0.29) is 11.8 Å². The van der Waals surface area contributed by atoms with Gasteiger partial charge in [0.2, 0.25) is 0 Å². The van der Waals surface area contributed by atoms with Crippen LogP contribution in [0.15, 0.2) is 41.3 Å². The SMILES string of the molecule is CSc1c(O)ccc2c1CC1Cc3ccccc3CC(C2)C1=O. The van der Waals surface area contributed by atoms with E-state index >= 15 is 0 Å². The normalized spacial score (nSPS) is 22.7. The number of phenols is 1. The minimum atomic E-state index is 0.0394. The van der Waals surface area contributed by atoms with E-state index in [9.17, 15) is 9.90 Å². The minimum absolute atomic E-state index is 0.0394. The van der Waals surface area contributed by atoms with Crippen molar-refractivity contribution < 1.29 is 9.90 Å². The number of ketones is 1. The summed E-state index contributed by atoms with van der Waals surface area (Å²) in [7, 11) is 0. The Morgan fingerprint density at radius 1 is 0.913 bits per heavy atom. The molecule has 118 valence electrons. The number of hydrogen-bond acceptors (Lipinski definition) is 3. The number of benzene rings is 2. The van der Waals surface area contributed by atoms with Crippen LogP contribution in [0.3, 0.4) is 0 Å². The van der Waals surface area contributed by atoms with Crippen LogP contribution in [0, 0.1) is 11.8 Å². The van der Waals surface area contributed by atoms with Crippen molar-refractivity contribution in [2.45, 2.75) is 30.6 Å². The van der Waals surface area contributed by atoms with E-state index in [1.165, 1.54) is 22.3 Å². The van der Waals surface area contributed by atoms with Crippen LogP contribution in [-0.4, -0.2) is 17.1 Å². The second kappa shape index (κ2) is 5.72. The van der Waals surface area contributed by atoms with Gasteiger partial charge in [0.15, 0.2) is 0 Å². The first-order chi connectivity index (χ1) is 11.2. The molecule has 2 aliphatic carbocycles. The largest absolute Gasteiger partial charge is 0.507 e.